The molecule has 0 radical (unpaired) electrons. The van der Waals surface area contributed by atoms with E-state index >= 15 is 0 Å². The number of piperidine rings is 1. The number of thioether (sulfide) groups is 1. The van der Waals surface area contributed by atoms with Gasteiger partial charge in [-0.15, -0.1) is 10.2 Å². The topological polar surface area (TPSA) is 110 Å². The van der Waals surface area contributed by atoms with Gasteiger partial charge in [-0.05, 0) is 56.2 Å². The number of hydrogen-bond donors (Lipinski definition) is 1. The minimum absolute atomic E-state index is 0.218. The molecule has 170 valence electrons. The van der Waals surface area contributed by atoms with Crippen molar-refractivity contribution < 1.29 is 17.6 Å². The summed E-state index contributed by atoms with van der Waals surface area (Å²) >= 11 is 1.27. The van der Waals surface area contributed by atoms with E-state index in [-0.39, 0.29) is 10.8 Å². The Morgan fingerprint density at radius 3 is 2.50 bits per heavy atom. The second-order valence-electron chi connectivity index (χ2n) is 7.58. The van der Waals surface area contributed by atoms with Crippen LogP contribution in [0.3, 0.4) is 0 Å². The highest BCUT2D eigenvalue weighted by atomic mass is 32.2. The lowest BCUT2D eigenvalue weighted by atomic mass is 10.2. The molecule has 1 atom stereocenters. The highest BCUT2D eigenvalue weighted by Crippen LogP contribution is 2.27. The number of aromatic nitrogens is 3. The van der Waals surface area contributed by atoms with Crippen molar-refractivity contribution in [3.8, 4) is 11.6 Å². The third-order valence-electron chi connectivity index (χ3n) is 5.30. The molecule has 4 rings (SSSR count). The summed E-state index contributed by atoms with van der Waals surface area (Å²) in [6, 6.07) is 9.87. The van der Waals surface area contributed by atoms with Crippen LogP contribution in [0.15, 0.2) is 57.1 Å². The van der Waals surface area contributed by atoms with E-state index in [1.54, 1.807) is 42.0 Å². The van der Waals surface area contributed by atoms with Crippen LogP contribution in [0.4, 0.5) is 5.69 Å². The van der Waals surface area contributed by atoms with Gasteiger partial charge in [0.1, 0.15) is 0 Å². The molecule has 11 heteroatoms. The zero-order chi connectivity index (χ0) is 22.7. The molecule has 1 saturated heterocycles. The van der Waals surface area contributed by atoms with Crippen molar-refractivity contribution in [2.24, 2.45) is 7.05 Å². The first-order valence-corrected chi connectivity index (χ1v) is 12.7. The smallest absolute Gasteiger partial charge is 0.243 e. The van der Waals surface area contributed by atoms with Crippen molar-refractivity contribution in [1.29, 1.82) is 0 Å². The zero-order valence-corrected chi connectivity index (χ0v) is 19.5. The van der Waals surface area contributed by atoms with Gasteiger partial charge in [-0.2, -0.15) is 4.31 Å². The number of benzene rings is 1. The Hall–Kier alpha value is -2.63. The molecule has 0 bridgehead atoms. The monoisotopic (exact) mass is 475 g/mol. The standard InChI is InChI=1S/C21H25N5O4S2/c1-15(31-21-24-23-19(25(21)2)18-7-6-14-30-18)20(27)22-16-8-10-17(11-9-16)32(28,29)26-12-4-3-5-13-26/h6-11,14-15H,3-5,12-13H2,1-2H3,(H,22,27). The van der Waals surface area contributed by atoms with Crippen molar-refractivity contribution >= 4 is 33.4 Å². The van der Waals surface area contributed by atoms with Crippen molar-refractivity contribution in [3.63, 3.8) is 0 Å². The molecule has 3 aromatic rings. The summed E-state index contributed by atoms with van der Waals surface area (Å²) in [5.41, 5.74) is 0.536. The van der Waals surface area contributed by atoms with E-state index in [1.165, 1.54) is 28.2 Å². The van der Waals surface area contributed by atoms with Crippen LogP contribution in [-0.4, -0.2) is 51.7 Å². The summed E-state index contributed by atoms with van der Waals surface area (Å²) in [6.45, 7) is 2.88. The number of anilines is 1. The molecule has 0 spiro atoms. The summed E-state index contributed by atoms with van der Waals surface area (Å²) in [4.78, 5) is 12.9. The van der Waals surface area contributed by atoms with Crippen LogP contribution < -0.4 is 5.32 Å². The number of sulfonamides is 1. The third kappa shape index (κ3) is 4.74. The average molecular weight is 476 g/mol. The van der Waals surface area contributed by atoms with Crippen molar-refractivity contribution in [3.05, 3.63) is 42.7 Å². The van der Waals surface area contributed by atoms with Gasteiger partial charge < -0.3 is 14.3 Å². The van der Waals surface area contributed by atoms with Gasteiger partial charge in [0.05, 0.1) is 16.4 Å². The molecule has 1 amide bonds. The molecule has 1 aliphatic rings. The summed E-state index contributed by atoms with van der Waals surface area (Å²) in [5.74, 6) is 0.961. The zero-order valence-electron chi connectivity index (χ0n) is 17.9. The molecule has 1 aliphatic heterocycles. The third-order valence-corrected chi connectivity index (χ3v) is 8.35. The van der Waals surface area contributed by atoms with Gasteiger partial charge in [0, 0.05) is 25.8 Å². The molecule has 0 aliphatic carbocycles. The van der Waals surface area contributed by atoms with Crippen LogP contribution in [0.25, 0.3) is 11.6 Å². The normalized spacial score (nSPS) is 16.1. The molecule has 0 saturated carbocycles. The number of carbonyl (C=O) groups is 1. The first kappa shape index (κ1) is 22.6. The van der Waals surface area contributed by atoms with Gasteiger partial charge >= 0.3 is 0 Å². The molecule has 1 unspecified atom stereocenters. The van der Waals surface area contributed by atoms with Crippen LogP contribution in [0.5, 0.6) is 0 Å². The number of carbonyl (C=O) groups excluding carboxylic acids is 1. The number of nitrogens with one attached hydrogen (secondary N) is 1. The second-order valence-corrected chi connectivity index (χ2v) is 10.8. The highest BCUT2D eigenvalue weighted by Gasteiger charge is 2.26. The minimum atomic E-state index is -3.49. The molecule has 1 fully saturated rings. The lowest BCUT2D eigenvalue weighted by molar-refractivity contribution is -0.115. The van der Waals surface area contributed by atoms with E-state index < -0.39 is 15.3 Å². The van der Waals surface area contributed by atoms with Crippen LogP contribution in [0.2, 0.25) is 0 Å². The first-order chi connectivity index (χ1) is 15.4. The van der Waals surface area contributed by atoms with Gasteiger partial charge in [-0.25, -0.2) is 8.42 Å². The van der Waals surface area contributed by atoms with E-state index in [0.29, 0.717) is 35.5 Å². The Kier molecular flexibility index (Phi) is 6.68. The Morgan fingerprint density at radius 1 is 1.12 bits per heavy atom. The van der Waals surface area contributed by atoms with Crippen molar-refractivity contribution in [2.75, 3.05) is 18.4 Å². The van der Waals surface area contributed by atoms with E-state index in [2.05, 4.69) is 15.5 Å². The Bertz CT molecular complexity index is 1170. The van der Waals surface area contributed by atoms with Crippen LogP contribution in [0.1, 0.15) is 26.2 Å². The predicted molar refractivity (Wildman–Crippen MR) is 122 cm³/mol. The van der Waals surface area contributed by atoms with Crippen LogP contribution in [-0.2, 0) is 21.9 Å². The van der Waals surface area contributed by atoms with E-state index in [1.807, 2.05) is 7.05 Å². The van der Waals surface area contributed by atoms with Crippen LogP contribution >= 0.6 is 11.8 Å². The molecular formula is C21H25N5O4S2. The molecule has 2 aromatic heterocycles. The summed E-state index contributed by atoms with van der Waals surface area (Å²) in [5, 5.41) is 11.2. The fourth-order valence-corrected chi connectivity index (χ4v) is 5.79. The SMILES string of the molecule is CC(Sc1nnc(-c2ccco2)n1C)C(=O)Nc1ccc(S(=O)(=O)N2CCCCC2)cc1. The van der Waals surface area contributed by atoms with E-state index in [4.69, 9.17) is 4.42 Å². The van der Waals surface area contributed by atoms with Gasteiger partial charge in [0.2, 0.25) is 15.9 Å². The van der Waals surface area contributed by atoms with Crippen molar-refractivity contribution in [1.82, 2.24) is 19.1 Å². The average Bonchev–Trinajstić information content (AvgIpc) is 3.45. The minimum Gasteiger partial charge on any atom is -0.461 e. The molecule has 3 heterocycles. The van der Waals surface area contributed by atoms with Gasteiger partial charge in [-0.3, -0.25) is 4.79 Å². The van der Waals surface area contributed by atoms with Gasteiger partial charge in [-0.1, -0.05) is 18.2 Å². The van der Waals surface area contributed by atoms with Gasteiger partial charge in [0.25, 0.3) is 0 Å². The quantitative estimate of drug-likeness (QED) is 0.522. The number of amides is 1. The molecular weight excluding hydrogens is 450 g/mol. The molecule has 1 N–H and O–H groups in total. The predicted octanol–water partition coefficient (Wildman–Crippen LogP) is 3.37. The Morgan fingerprint density at radius 2 is 1.84 bits per heavy atom. The summed E-state index contributed by atoms with van der Waals surface area (Å²) in [6.07, 6.45) is 4.40. The first-order valence-electron chi connectivity index (χ1n) is 10.4. The summed E-state index contributed by atoms with van der Waals surface area (Å²) < 4.78 is 34.2. The molecule has 32 heavy (non-hydrogen) atoms. The van der Waals surface area contributed by atoms with Crippen LogP contribution in [0, 0.1) is 0 Å². The Labute approximate surface area is 191 Å². The molecule has 9 nitrogen and oxygen atoms in total. The maximum atomic E-state index is 12.8. The van der Waals surface area contributed by atoms with Crippen molar-refractivity contribution in [2.45, 2.75) is 41.5 Å². The fraction of sp³-hybridized carbons (Fsp3) is 0.381. The largest absolute Gasteiger partial charge is 0.461 e. The number of hydrogen-bond acceptors (Lipinski definition) is 7. The maximum Gasteiger partial charge on any atom is 0.243 e. The maximum absolute atomic E-state index is 12.8. The number of nitrogens with zero attached hydrogens (tertiary/aromatic N) is 4. The second kappa shape index (κ2) is 9.47. The van der Waals surface area contributed by atoms with E-state index in [0.717, 1.165) is 19.3 Å². The summed E-state index contributed by atoms with van der Waals surface area (Å²) in [7, 11) is -1.68. The lowest BCUT2D eigenvalue weighted by Gasteiger charge is -2.25. The Balaban J connectivity index is 1.38. The molecule has 1 aromatic carbocycles. The number of furan rings is 1. The fourth-order valence-electron chi connectivity index (χ4n) is 3.46. The number of rotatable bonds is 7. The highest BCUT2D eigenvalue weighted by molar-refractivity contribution is 8.00. The lowest BCUT2D eigenvalue weighted by Crippen LogP contribution is -2.35. The van der Waals surface area contributed by atoms with E-state index in [9.17, 15) is 13.2 Å². The van der Waals surface area contributed by atoms with Gasteiger partial charge in [0.15, 0.2) is 16.7 Å².